The van der Waals surface area contributed by atoms with E-state index in [0.29, 0.717) is 35.0 Å². The van der Waals surface area contributed by atoms with Crippen LogP contribution in [0.4, 0.5) is 4.79 Å². The fourth-order valence-corrected chi connectivity index (χ4v) is 4.83. The van der Waals surface area contributed by atoms with E-state index in [4.69, 9.17) is 9.15 Å². The second-order valence-electron chi connectivity index (χ2n) is 6.61. The molecule has 9 nitrogen and oxygen atoms in total. The number of oxazole rings is 1. The number of imidazole rings is 1. The Balaban J connectivity index is 1.45. The van der Waals surface area contributed by atoms with Crippen LogP contribution in [0.2, 0.25) is 0 Å². The molecule has 0 bridgehead atoms. The lowest BCUT2D eigenvalue weighted by molar-refractivity contribution is 0.123. The van der Waals surface area contributed by atoms with Crippen LogP contribution in [0.1, 0.15) is 12.8 Å². The van der Waals surface area contributed by atoms with Gasteiger partial charge in [0.1, 0.15) is 18.1 Å². The number of hydrogen-bond donors (Lipinski definition) is 1. The van der Waals surface area contributed by atoms with Crippen LogP contribution in [0.3, 0.4) is 0 Å². The van der Waals surface area contributed by atoms with Crippen molar-refractivity contribution in [2.75, 3.05) is 19.4 Å². The van der Waals surface area contributed by atoms with Gasteiger partial charge in [-0.25, -0.2) is 14.8 Å². The average Bonchev–Trinajstić information content (AvgIpc) is 3.47. The Hall–Kier alpha value is -2.79. The van der Waals surface area contributed by atoms with Crippen molar-refractivity contribution in [1.29, 1.82) is 0 Å². The molecule has 1 N–H and O–H groups in total. The maximum absolute atomic E-state index is 11.3. The zero-order valence-electron chi connectivity index (χ0n) is 15.4. The lowest BCUT2D eigenvalue weighted by Crippen LogP contribution is -2.38. The minimum absolute atomic E-state index is 0.149. The van der Waals surface area contributed by atoms with E-state index in [1.54, 1.807) is 22.5 Å². The van der Waals surface area contributed by atoms with E-state index in [9.17, 15) is 9.90 Å². The highest BCUT2D eigenvalue weighted by Crippen LogP contribution is 2.32. The molecule has 3 aromatic heterocycles. The number of likely N-dealkylation sites (tertiary alicyclic amines) is 1. The lowest BCUT2D eigenvalue weighted by Gasteiger charge is -2.21. The molecule has 1 saturated heterocycles. The highest BCUT2D eigenvalue weighted by Gasteiger charge is 2.29. The Bertz CT molecular complexity index is 1200. The SMILES string of the molecule is CSc1nn2c(-c3nc4c(OCC5CCCN5C(=O)O)cccc4o3)cnc2s1. The maximum Gasteiger partial charge on any atom is 0.407 e. The summed E-state index contributed by atoms with van der Waals surface area (Å²) in [6.07, 6.45) is 4.40. The first-order valence-corrected chi connectivity index (χ1v) is 11.1. The average molecular weight is 431 g/mol. The number of nitrogens with zero attached hydrogens (tertiary/aromatic N) is 5. The molecular formula is C18H17N5O4S2. The molecule has 0 aliphatic carbocycles. The highest BCUT2D eigenvalue weighted by atomic mass is 32.2. The van der Waals surface area contributed by atoms with E-state index in [0.717, 1.165) is 22.1 Å². The number of rotatable bonds is 5. The summed E-state index contributed by atoms with van der Waals surface area (Å²) in [6.45, 7) is 0.832. The maximum atomic E-state index is 11.3. The van der Waals surface area contributed by atoms with Crippen LogP contribution in [-0.2, 0) is 0 Å². The van der Waals surface area contributed by atoms with Crippen molar-refractivity contribution < 1.29 is 19.1 Å². The summed E-state index contributed by atoms with van der Waals surface area (Å²) < 4.78 is 14.5. The van der Waals surface area contributed by atoms with Crippen molar-refractivity contribution in [1.82, 2.24) is 24.5 Å². The van der Waals surface area contributed by atoms with E-state index in [-0.39, 0.29) is 12.6 Å². The molecule has 5 rings (SSSR count). The Kier molecular flexibility index (Phi) is 4.55. The smallest absolute Gasteiger partial charge is 0.407 e. The van der Waals surface area contributed by atoms with Gasteiger partial charge in [0, 0.05) is 6.54 Å². The van der Waals surface area contributed by atoms with Crippen LogP contribution in [-0.4, -0.2) is 61.1 Å². The van der Waals surface area contributed by atoms with Gasteiger partial charge < -0.3 is 19.2 Å². The summed E-state index contributed by atoms with van der Waals surface area (Å²) >= 11 is 3.07. The van der Waals surface area contributed by atoms with Gasteiger partial charge in [-0.1, -0.05) is 29.2 Å². The van der Waals surface area contributed by atoms with Crippen LogP contribution >= 0.6 is 23.1 Å². The molecule has 0 spiro atoms. The van der Waals surface area contributed by atoms with E-state index in [1.165, 1.54) is 16.2 Å². The number of thioether (sulfide) groups is 1. The highest BCUT2D eigenvalue weighted by molar-refractivity contribution is 8.00. The van der Waals surface area contributed by atoms with Gasteiger partial charge in [0.05, 0.1) is 12.2 Å². The molecule has 0 saturated carbocycles. The normalized spacial score (nSPS) is 16.9. The third-order valence-corrected chi connectivity index (χ3v) is 6.79. The van der Waals surface area contributed by atoms with Gasteiger partial charge in [-0.05, 0) is 31.2 Å². The number of amides is 1. The molecular weight excluding hydrogens is 414 g/mol. The van der Waals surface area contributed by atoms with Gasteiger partial charge in [-0.15, -0.1) is 5.10 Å². The predicted octanol–water partition coefficient (Wildman–Crippen LogP) is 3.84. The molecule has 1 unspecified atom stereocenters. The number of ether oxygens (including phenoxy) is 1. The quantitative estimate of drug-likeness (QED) is 0.475. The number of carbonyl (C=O) groups is 1. The standard InChI is InChI=1S/C18H17N5O4S2/c1-28-17-21-23-11(8-19-16(23)29-17)15-20-14-12(5-2-6-13(14)27-15)26-9-10-4-3-7-22(10)18(24)25/h2,5-6,8,10H,3-4,7,9H2,1H3,(H,24,25). The molecule has 1 aromatic carbocycles. The summed E-state index contributed by atoms with van der Waals surface area (Å²) in [5.74, 6) is 0.980. The monoisotopic (exact) mass is 431 g/mol. The molecule has 1 fully saturated rings. The third-order valence-electron chi connectivity index (χ3n) is 4.90. The summed E-state index contributed by atoms with van der Waals surface area (Å²) in [4.78, 5) is 22.5. The number of benzene rings is 1. The van der Waals surface area contributed by atoms with Crippen molar-refractivity contribution in [2.45, 2.75) is 23.2 Å². The van der Waals surface area contributed by atoms with Crippen LogP contribution in [0, 0.1) is 0 Å². The Morgan fingerprint density at radius 1 is 1.48 bits per heavy atom. The molecule has 4 aromatic rings. The topological polar surface area (TPSA) is 106 Å². The van der Waals surface area contributed by atoms with E-state index in [1.807, 2.05) is 24.5 Å². The van der Waals surface area contributed by atoms with Gasteiger partial charge >= 0.3 is 6.09 Å². The number of hydrogen-bond acceptors (Lipinski definition) is 8. The Morgan fingerprint density at radius 2 is 2.38 bits per heavy atom. The number of para-hydroxylation sites is 1. The summed E-state index contributed by atoms with van der Waals surface area (Å²) in [7, 11) is 0. The zero-order chi connectivity index (χ0) is 20.0. The largest absolute Gasteiger partial charge is 0.489 e. The van der Waals surface area contributed by atoms with Crippen molar-refractivity contribution in [2.24, 2.45) is 0 Å². The van der Waals surface area contributed by atoms with Crippen molar-refractivity contribution >= 4 is 45.3 Å². The van der Waals surface area contributed by atoms with Gasteiger partial charge in [0.25, 0.3) is 0 Å². The first-order chi connectivity index (χ1) is 14.1. The summed E-state index contributed by atoms with van der Waals surface area (Å²) in [6, 6.07) is 5.32. The molecule has 4 heterocycles. The van der Waals surface area contributed by atoms with E-state index >= 15 is 0 Å². The van der Waals surface area contributed by atoms with Crippen LogP contribution in [0.5, 0.6) is 5.75 Å². The van der Waals surface area contributed by atoms with Crippen molar-refractivity contribution in [3.8, 4) is 17.3 Å². The third kappa shape index (κ3) is 3.19. The van der Waals surface area contributed by atoms with Gasteiger partial charge in [-0.2, -0.15) is 4.52 Å². The van der Waals surface area contributed by atoms with Crippen LogP contribution in [0.15, 0.2) is 33.2 Å². The van der Waals surface area contributed by atoms with Crippen molar-refractivity contribution in [3.63, 3.8) is 0 Å². The van der Waals surface area contributed by atoms with Gasteiger partial charge in [0.15, 0.2) is 15.4 Å². The summed E-state index contributed by atoms with van der Waals surface area (Å²) in [5, 5.41) is 13.8. The molecule has 150 valence electrons. The second-order valence-corrected chi connectivity index (χ2v) is 8.62. The first kappa shape index (κ1) is 18.3. The number of fused-ring (bicyclic) bond motifs is 2. The Morgan fingerprint density at radius 3 is 3.21 bits per heavy atom. The fourth-order valence-electron chi connectivity index (χ4n) is 3.50. The minimum atomic E-state index is -0.907. The first-order valence-electron chi connectivity index (χ1n) is 9.05. The van der Waals surface area contributed by atoms with Gasteiger partial charge in [-0.3, -0.25) is 0 Å². The van der Waals surface area contributed by atoms with Crippen LogP contribution < -0.4 is 4.74 Å². The molecule has 11 heteroatoms. The summed E-state index contributed by atoms with van der Waals surface area (Å²) in [5.41, 5.74) is 1.86. The fraction of sp³-hybridized carbons (Fsp3) is 0.333. The zero-order valence-corrected chi connectivity index (χ0v) is 17.1. The number of carboxylic acid groups (broad SMARTS) is 1. The lowest BCUT2D eigenvalue weighted by atomic mass is 10.2. The van der Waals surface area contributed by atoms with Crippen LogP contribution in [0.25, 0.3) is 27.6 Å². The van der Waals surface area contributed by atoms with E-state index in [2.05, 4.69) is 15.1 Å². The Labute approximate surface area is 173 Å². The molecule has 1 atom stereocenters. The molecule has 1 amide bonds. The molecule has 1 aliphatic heterocycles. The van der Waals surface area contributed by atoms with Crippen molar-refractivity contribution in [3.05, 3.63) is 24.4 Å². The predicted molar refractivity (Wildman–Crippen MR) is 109 cm³/mol. The minimum Gasteiger partial charge on any atom is -0.489 e. The molecule has 0 radical (unpaired) electrons. The molecule has 1 aliphatic rings. The van der Waals surface area contributed by atoms with Gasteiger partial charge in [0.2, 0.25) is 10.9 Å². The van der Waals surface area contributed by atoms with E-state index < -0.39 is 6.09 Å². The number of aromatic nitrogens is 4. The second kappa shape index (κ2) is 7.23. The molecule has 29 heavy (non-hydrogen) atoms.